The van der Waals surface area contributed by atoms with Gasteiger partial charge in [0.05, 0.1) is 12.7 Å². The lowest BCUT2D eigenvalue weighted by atomic mass is 10.1. The number of amides is 1. The summed E-state index contributed by atoms with van der Waals surface area (Å²) in [6.07, 6.45) is 5.45. The summed E-state index contributed by atoms with van der Waals surface area (Å²) in [6.45, 7) is 7.81. The molecule has 146 valence electrons. The minimum atomic E-state index is 0.261. The number of carbonyl (C=O) groups is 1. The molecule has 0 aromatic heterocycles. The highest BCUT2D eigenvalue weighted by Gasteiger charge is 2.22. The molecule has 1 fully saturated rings. The van der Waals surface area contributed by atoms with Gasteiger partial charge >= 0.3 is 0 Å². The fourth-order valence-electron chi connectivity index (χ4n) is 3.19. The van der Waals surface area contributed by atoms with Gasteiger partial charge in [-0.15, -0.1) is 0 Å². The van der Waals surface area contributed by atoms with Crippen LogP contribution in [0.25, 0.3) is 0 Å². The van der Waals surface area contributed by atoms with Crippen LogP contribution < -0.4 is 10.5 Å². The van der Waals surface area contributed by atoms with Crippen LogP contribution in [-0.2, 0) is 9.53 Å². The number of hydrogen-bond acceptors (Lipinski definition) is 4. The Bertz CT molecular complexity index is 554. The van der Waals surface area contributed by atoms with E-state index in [9.17, 15) is 4.79 Å². The number of rotatable bonds is 10. The van der Waals surface area contributed by atoms with Gasteiger partial charge in [0.15, 0.2) is 0 Å². The van der Waals surface area contributed by atoms with Gasteiger partial charge in [-0.2, -0.15) is 0 Å². The van der Waals surface area contributed by atoms with E-state index in [1.807, 2.05) is 4.90 Å². The van der Waals surface area contributed by atoms with E-state index >= 15 is 0 Å². The number of carbonyl (C=O) groups excluding carboxylic acids is 1. The summed E-state index contributed by atoms with van der Waals surface area (Å²) in [5, 5.41) is 0. The number of likely N-dealkylation sites (tertiary alicyclic amines) is 1. The van der Waals surface area contributed by atoms with E-state index in [-0.39, 0.29) is 12.0 Å². The van der Waals surface area contributed by atoms with E-state index in [2.05, 4.69) is 32.0 Å². The highest BCUT2D eigenvalue weighted by Crippen LogP contribution is 2.20. The molecule has 1 amide bonds. The van der Waals surface area contributed by atoms with Crippen LogP contribution in [0, 0.1) is 13.8 Å². The zero-order valence-corrected chi connectivity index (χ0v) is 16.3. The van der Waals surface area contributed by atoms with Gasteiger partial charge in [0.1, 0.15) is 5.75 Å². The van der Waals surface area contributed by atoms with E-state index in [1.165, 1.54) is 5.56 Å². The second kappa shape index (κ2) is 11.2. The zero-order chi connectivity index (χ0) is 18.8. The molecular formula is C21H34N2O3. The molecule has 0 saturated carbocycles. The number of ether oxygens (including phenoxy) is 2. The maximum atomic E-state index is 12.3. The molecule has 1 saturated heterocycles. The molecule has 0 bridgehead atoms. The smallest absolute Gasteiger partial charge is 0.222 e. The van der Waals surface area contributed by atoms with Crippen LogP contribution >= 0.6 is 0 Å². The molecule has 26 heavy (non-hydrogen) atoms. The van der Waals surface area contributed by atoms with Crippen molar-refractivity contribution < 1.29 is 14.3 Å². The molecule has 2 N–H and O–H groups in total. The Morgan fingerprint density at radius 2 is 1.92 bits per heavy atom. The molecule has 0 unspecified atom stereocenters. The second-order valence-corrected chi connectivity index (χ2v) is 7.17. The van der Waals surface area contributed by atoms with Crippen LogP contribution in [0.2, 0.25) is 0 Å². The van der Waals surface area contributed by atoms with Crippen molar-refractivity contribution in [2.75, 3.05) is 32.8 Å². The minimum absolute atomic E-state index is 0.261. The SMILES string of the molecule is Cc1ccc(C)c(OCCCCC(=O)N2CCC(OCCCN)CC2)c1. The van der Waals surface area contributed by atoms with Gasteiger partial charge < -0.3 is 20.1 Å². The maximum absolute atomic E-state index is 12.3. The van der Waals surface area contributed by atoms with E-state index in [0.29, 0.717) is 19.6 Å². The van der Waals surface area contributed by atoms with Crippen molar-refractivity contribution in [3.8, 4) is 5.75 Å². The molecule has 1 aromatic rings. The molecule has 2 rings (SSSR count). The third-order valence-corrected chi connectivity index (χ3v) is 4.88. The second-order valence-electron chi connectivity index (χ2n) is 7.17. The van der Waals surface area contributed by atoms with Crippen molar-refractivity contribution in [2.45, 2.75) is 58.5 Å². The Hall–Kier alpha value is -1.59. The molecule has 1 aromatic carbocycles. The van der Waals surface area contributed by atoms with Crippen LogP contribution in [0.4, 0.5) is 0 Å². The number of piperidine rings is 1. The number of nitrogens with zero attached hydrogens (tertiary/aromatic N) is 1. The Labute approximate surface area is 157 Å². The van der Waals surface area contributed by atoms with Crippen LogP contribution in [0.3, 0.4) is 0 Å². The number of unbranched alkanes of at least 4 members (excludes halogenated alkanes) is 1. The number of nitrogens with two attached hydrogens (primary N) is 1. The first-order chi connectivity index (χ1) is 12.6. The van der Waals surface area contributed by atoms with Gasteiger partial charge in [-0.25, -0.2) is 0 Å². The van der Waals surface area contributed by atoms with E-state index in [1.54, 1.807) is 0 Å². The average molecular weight is 363 g/mol. The largest absolute Gasteiger partial charge is 0.493 e. The fourth-order valence-corrected chi connectivity index (χ4v) is 3.19. The monoisotopic (exact) mass is 362 g/mol. The lowest BCUT2D eigenvalue weighted by Gasteiger charge is -2.32. The highest BCUT2D eigenvalue weighted by molar-refractivity contribution is 5.76. The Kier molecular flexibility index (Phi) is 8.92. The minimum Gasteiger partial charge on any atom is -0.493 e. The zero-order valence-electron chi connectivity index (χ0n) is 16.3. The van der Waals surface area contributed by atoms with Crippen LogP contribution in [0.5, 0.6) is 5.75 Å². The van der Waals surface area contributed by atoms with Crippen LogP contribution in [0.1, 0.15) is 49.7 Å². The standard InChI is InChI=1S/C21H34N2O3/c1-17-7-8-18(2)20(16-17)26-14-4-3-6-21(24)23-12-9-19(10-13-23)25-15-5-11-22/h7-8,16,19H,3-6,9-15,22H2,1-2H3. The van der Waals surface area contributed by atoms with Crippen molar-refractivity contribution in [3.05, 3.63) is 29.3 Å². The number of hydrogen-bond donors (Lipinski definition) is 1. The lowest BCUT2D eigenvalue weighted by molar-refractivity contribution is -0.134. The maximum Gasteiger partial charge on any atom is 0.222 e. The first-order valence-electron chi connectivity index (χ1n) is 9.89. The third-order valence-electron chi connectivity index (χ3n) is 4.88. The van der Waals surface area contributed by atoms with Crippen molar-refractivity contribution in [1.29, 1.82) is 0 Å². The molecular weight excluding hydrogens is 328 g/mol. The van der Waals surface area contributed by atoms with Crippen molar-refractivity contribution >= 4 is 5.91 Å². The average Bonchev–Trinajstić information content (AvgIpc) is 2.65. The predicted molar refractivity (Wildman–Crippen MR) is 104 cm³/mol. The first kappa shape index (κ1) is 20.7. The van der Waals surface area contributed by atoms with E-state index in [4.69, 9.17) is 15.2 Å². The van der Waals surface area contributed by atoms with Crippen molar-refractivity contribution in [2.24, 2.45) is 5.73 Å². The summed E-state index contributed by atoms with van der Waals surface area (Å²) in [5.74, 6) is 1.21. The summed E-state index contributed by atoms with van der Waals surface area (Å²) in [4.78, 5) is 14.3. The third kappa shape index (κ3) is 6.96. The quantitative estimate of drug-likeness (QED) is 0.649. The summed E-state index contributed by atoms with van der Waals surface area (Å²) in [5.41, 5.74) is 7.84. The Morgan fingerprint density at radius 1 is 1.15 bits per heavy atom. The predicted octanol–water partition coefficient (Wildman–Crippen LogP) is 3.21. The van der Waals surface area contributed by atoms with Gasteiger partial charge in [-0.3, -0.25) is 4.79 Å². The van der Waals surface area contributed by atoms with E-state index in [0.717, 1.165) is 63.1 Å². The summed E-state index contributed by atoms with van der Waals surface area (Å²) < 4.78 is 11.6. The Morgan fingerprint density at radius 3 is 2.65 bits per heavy atom. The molecule has 1 aliphatic rings. The van der Waals surface area contributed by atoms with Crippen molar-refractivity contribution in [3.63, 3.8) is 0 Å². The first-order valence-corrected chi connectivity index (χ1v) is 9.89. The van der Waals surface area contributed by atoms with Gasteiger partial charge in [-0.1, -0.05) is 12.1 Å². The molecule has 0 aliphatic carbocycles. The fraction of sp³-hybridized carbons (Fsp3) is 0.667. The summed E-state index contributed by atoms with van der Waals surface area (Å²) in [7, 11) is 0. The normalized spacial score (nSPS) is 15.3. The van der Waals surface area contributed by atoms with Gasteiger partial charge in [-0.05, 0) is 69.7 Å². The number of aryl methyl sites for hydroxylation is 2. The van der Waals surface area contributed by atoms with Crippen LogP contribution in [-0.4, -0.2) is 49.8 Å². The molecule has 0 radical (unpaired) electrons. The summed E-state index contributed by atoms with van der Waals surface area (Å²) in [6, 6.07) is 6.24. The van der Waals surface area contributed by atoms with Gasteiger partial charge in [0, 0.05) is 26.1 Å². The Balaban J connectivity index is 1.57. The van der Waals surface area contributed by atoms with E-state index < -0.39 is 0 Å². The molecule has 1 heterocycles. The molecule has 5 heteroatoms. The summed E-state index contributed by atoms with van der Waals surface area (Å²) >= 11 is 0. The van der Waals surface area contributed by atoms with Crippen molar-refractivity contribution in [1.82, 2.24) is 4.90 Å². The number of benzene rings is 1. The topological polar surface area (TPSA) is 64.8 Å². The molecule has 0 spiro atoms. The van der Waals surface area contributed by atoms with Gasteiger partial charge in [0.25, 0.3) is 0 Å². The molecule has 1 aliphatic heterocycles. The van der Waals surface area contributed by atoms with Gasteiger partial charge in [0.2, 0.25) is 5.91 Å². The molecule has 5 nitrogen and oxygen atoms in total. The lowest BCUT2D eigenvalue weighted by Crippen LogP contribution is -2.41. The highest BCUT2D eigenvalue weighted by atomic mass is 16.5. The molecule has 0 atom stereocenters. The van der Waals surface area contributed by atoms with Crippen LogP contribution in [0.15, 0.2) is 18.2 Å².